The van der Waals surface area contributed by atoms with Crippen molar-refractivity contribution in [3.8, 4) is 0 Å². The number of hydrogen-bond donors (Lipinski definition) is 1. The van der Waals surface area contributed by atoms with Crippen molar-refractivity contribution in [2.45, 2.75) is 70.8 Å². The van der Waals surface area contributed by atoms with E-state index in [4.69, 9.17) is 0 Å². The van der Waals surface area contributed by atoms with Crippen molar-refractivity contribution in [1.82, 2.24) is 5.32 Å². The third-order valence-corrected chi connectivity index (χ3v) is 5.90. The largest absolute Gasteiger partial charge is 0.310 e. The van der Waals surface area contributed by atoms with Crippen molar-refractivity contribution >= 4 is 0 Å². The molecule has 0 aliphatic heterocycles. The molecule has 21 heavy (non-hydrogen) atoms. The number of benzene rings is 1. The Morgan fingerprint density at radius 1 is 1.14 bits per heavy atom. The van der Waals surface area contributed by atoms with Gasteiger partial charge in [0.05, 0.1) is 0 Å². The number of rotatable bonds is 6. The molecular weight excluding hydrogens is 254 g/mol. The Balaban J connectivity index is 1.76. The van der Waals surface area contributed by atoms with Gasteiger partial charge in [-0.3, -0.25) is 0 Å². The molecule has 2 aliphatic rings. The topological polar surface area (TPSA) is 12.0 Å². The third kappa shape index (κ3) is 3.34. The lowest BCUT2D eigenvalue weighted by molar-refractivity contribution is 0.358. The Labute approximate surface area is 130 Å². The second-order valence-electron chi connectivity index (χ2n) is 7.18. The summed E-state index contributed by atoms with van der Waals surface area (Å²) in [6, 6.07) is 10.1. The first kappa shape index (κ1) is 15.1. The molecule has 3 rings (SSSR count). The highest BCUT2D eigenvalue weighted by Crippen LogP contribution is 2.42. The fraction of sp³-hybridized carbons (Fsp3) is 0.700. The molecule has 3 atom stereocenters. The van der Waals surface area contributed by atoms with E-state index in [1.807, 2.05) is 0 Å². The maximum atomic E-state index is 3.79. The first-order valence-electron chi connectivity index (χ1n) is 9.15. The SMILES string of the molecule is CCNC(c1cccc(C2CCC2)c1)C1CCC(CC)C1. The van der Waals surface area contributed by atoms with E-state index < -0.39 is 0 Å². The molecule has 2 saturated carbocycles. The molecule has 0 bridgehead atoms. The average molecular weight is 285 g/mol. The van der Waals surface area contributed by atoms with Gasteiger partial charge in [0.1, 0.15) is 0 Å². The van der Waals surface area contributed by atoms with Crippen molar-refractivity contribution in [3.63, 3.8) is 0 Å². The van der Waals surface area contributed by atoms with E-state index in [0.717, 1.165) is 24.3 Å². The highest BCUT2D eigenvalue weighted by Gasteiger charge is 2.31. The van der Waals surface area contributed by atoms with Crippen molar-refractivity contribution in [1.29, 1.82) is 0 Å². The van der Waals surface area contributed by atoms with Crippen LogP contribution in [0.3, 0.4) is 0 Å². The molecular formula is C20H31N. The van der Waals surface area contributed by atoms with Crippen LogP contribution in [0.2, 0.25) is 0 Å². The Kier molecular flexibility index (Phi) is 5.00. The molecule has 0 radical (unpaired) electrons. The molecule has 0 spiro atoms. The summed E-state index contributed by atoms with van der Waals surface area (Å²) in [6.45, 7) is 5.67. The summed E-state index contributed by atoms with van der Waals surface area (Å²) in [7, 11) is 0. The van der Waals surface area contributed by atoms with Crippen molar-refractivity contribution in [2.24, 2.45) is 11.8 Å². The zero-order valence-corrected chi connectivity index (χ0v) is 13.8. The van der Waals surface area contributed by atoms with Gasteiger partial charge < -0.3 is 5.32 Å². The number of nitrogens with one attached hydrogen (secondary N) is 1. The zero-order chi connectivity index (χ0) is 14.7. The van der Waals surface area contributed by atoms with E-state index >= 15 is 0 Å². The van der Waals surface area contributed by atoms with Crippen LogP contribution in [0.5, 0.6) is 0 Å². The summed E-state index contributed by atoms with van der Waals surface area (Å²) in [4.78, 5) is 0. The minimum Gasteiger partial charge on any atom is -0.310 e. The van der Waals surface area contributed by atoms with Gasteiger partial charge >= 0.3 is 0 Å². The van der Waals surface area contributed by atoms with Crippen LogP contribution in [0.25, 0.3) is 0 Å². The first-order chi connectivity index (χ1) is 10.3. The average Bonchev–Trinajstić information content (AvgIpc) is 2.92. The van der Waals surface area contributed by atoms with Crippen LogP contribution in [0.4, 0.5) is 0 Å². The lowest BCUT2D eigenvalue weighted by Gasteiger charge is -2.29. The molecule has 2 fully saturated rings. The third-order valence-electron chi connectivity index (χ3n) is 5.90. The summed E-state index contributed by atoms with van der Waals surface area (Å²) in [5, 5.41) is 3.79. The molecule has 0 saturated heterocycles. The van der Waals surface area contributed by atoms with E-state index in [1.165, 1.54) is 44.9 Å². The molecule has 1 nitrogen and oxygen atoms in total. The minimum absolute atomic E-state index is 0.576. The van der Waals surface area contributed by atoms with E-state index in [0.29, 0.717) is 6.04 Å². The molecule has 116 valence electrons. The maximum absolute atomic E-state index is 3.79. The van der Waals surface area contributed by atoms with Gasteiger partial charge in [0.25, 0.3) is 0 Å². The molecule has 3 unspecified atom stereocenters. The lowest BCUT2D eigenvalue weighted by Crippen LogP contribution is -2.27. The van der Waals surface area contributed by atoms with Gasteiger partial charge in [0, 0.05) is 6.04 Å². The molecule has 0 heterocycles. The van der Waals surface area contributed by atoms with Crippen LogP contribution < -0.4 is 5.32 Å². The summed E-state index contributed by atoms with van der Waals surface area (Å²) in [6.07, 6.45) is 9.84. The fourth-order valence-corrected chi connectivity index (χ4v) is 4.31. The summed E-state index contributed by atoms with van der Waals surface area (Å²) < 4.78 is 0. The number of hydrogen-bond acceptors (Lipinski definition) is 1. The van der Waals surface area contributed by atoms with Gasteiger partial charge in [-0.2, -0.15) is 0 Å². The molecule has 1 aromatic carbocycles. The minimum atomic E-state index is 0.576. The molecule has 2 aliphatic carbocycles. The quantitative estimate of drug-likeness (QED) is 0.734. The summed E-state index contributed by atoms with van der Waals surface area (Å²) in [5.41, 5.74) is 3.13. The Morgan fingerprint density at radius 3 is 2.62 bits per heavy atom. The van der Waals surface area contributed by atoms with Gasteiger partial charge in [-0.05, 0) is 61.1 Å². The Morgan fingerprint density at radius 2 is 2.00 bits per heavy atom. The van der Waals surface area contributed by atoms with E-state index in [1.54, 1.807) is 11.1 Å². The maximum Gasteiger partial charge on any atom is 0.0348 e. The normalized spacial score (nSPS) is 27.5. The van der Waals surface area contributed by atoms with Crippen LogP contribution in [0.15, 0.2) is 24.3 Å². The lowest BCUT2D eigenvalue weighted by atomic mass is 9.78. The summed E-state index contributed by atoms with van der Waals surface area (Å²) >= 11 is 0. The van der Waals surface area contributed by atoms with Crippen molar-refractivity contribution in [2.75, 3.05) is 6.54 Å². The van der Waals surface area contributed by atoms with Crippen LogP contribution in [-0.2, 0) is 0 Å². The van der Waals surface area contributed by atoms with E-state index in [2.05, 4.69) is 43.4 Å². The zero-order valence-electron chi connectivity index (χ0n) is 13.8. The van der Waals surface area contributed by atoms with Crippen molar-refractivity contribution < 1.29 is 0 Å². The molecule has 1 N–H and O–H groups in total. The van der Waals surface area contributed by atoms with Crippen molar-refractivity contribution in [3.05, 3.63) is 35.4 Å². The standard InChI is InChI=1S/C20H31N/c1-3-15-11-12-19(13-15)20(21-4-2)18-10-6-9-17(14-18)16-7-5-8-16/h6,9-10,14-16,19-21H,3-5,7-8,11-13H2,1-2H3. The predicted molar refractivity (Wildman–Crippen MR) is 90.6 cm³/mol. The molecule has 1 heteroatoms. The second kappa shape index (κ2) is 6.96. The van der Waals surface area contributed by atoms with E-state index in [-0.39, 0.29) is 0 Å². The van der Waals surface area contributed by atoms with Gasteiger partial charge in [-0.25, -0.2) is 0 Å². The van der Waals surface area contributed by atoms with E-state index in [9.17, 15) is 0 Å². The van der Waals surface area contributed by atoms with Crippen LogP contribution in [-0.4, -0.2) is 6.54 Å². The van der Waals surface area contributed by atoms with Crippen LogP contribution in [0, 0.1) is 11.8 Å². The molecule has 0 amide bonds. The smallest absolute Gasteiger partial charge is 0.0348 e. The summed E-state index contributed by atoms with van der Waals surface area (Å²) in [5.74, 6) is 2.65. The predicted octanol–water partition coefficient (Wildman–Crippen LogP) is 5.43. The highest BCUT2D eigenvalue weighted by molar-refractivity contribution is 5.30. The van der Waals surface area contributed by atoms with Gasteiger partial charge in [-0.15, -0.1) is 0 Å². The monoisotopic (exact) mass is 285 g/mol. The van der Waals surface area contributed by atoms with Crippen LogP contribution in [0.1, 0.15) is 81.9 Å². The highest BCUT2D eigenvalue weighted by atomic mass is 14.9. The van der Waals surface area contributed by atoms with Gasteiger partial charge in [0.15, 0.2) is 0 Å². The molecule has 0 aromatic heterocycles. The fourth-order valence-electron chi connectivity index (χ4n) is 4.31. The van der Waals surface area contributed by atoms with Crippen LogP contribution >= 0.6 is 0 Å². The van der Waals surface area contributed by atoms with Gasteiger partial charge in [0.2, 0.25) is 0 Å². The second-order valence-corrected chi connectivity index (χ2v) is 7.18. The van der Waals surface area contributed by atoms with Gasteiger partial charge in [-0.1, -0.05) is 57.4 Å². The first-order valence-corrected chi connectivity index (χ1v) is 9.15. The molecule has 1 aromatic rings. The Bertz CT molecular complexity index is 449. The Hall–Kier alpha value is -0.820.